The molecule has 0 saturated heterocycles. The maximum absolute atomic E-state index is 12.2. The summed E-state index contributed by atoms with van der Waals surface area (Å²) in [5, 5.41) is 3.73. The molecule has 1 aliphatic heterocycles. The monoisotopic (exact) mass is 538 g/mol. The number of halogens is 1. The molecule has 0 atom stereocenters. The van der Waals surface area contributed by atoms with Gasteiger partial charge in [-0.3, -0.25) is 4.79 Å². The minimum absolute atomic E-state index is 0.000540. The summed E-state index contributed by atoms with van der Waals surface area (Å²) >= 11 is 3.87. The molecule has 1 aliphatic rings. The number of hydrogen-bond donors (Lipinski definition) is 2. The molecule has 0 unspecified atom stereocenters. The Morgan fingerprint density at radius 1 is 1.37 bits per heavy atom. The number of imidazole rings is 1. The van der Waals surface area contributed by atoms with Crippen molar-refractivity contribution in [1.29, 1.82) is 0 Å². The number of ether oxygens (including phenoxy) is 1. The zero-order chi connectivity index (χ0) is 21.5. The zero-order valence-corrected chi connectivity index (χ0v) is 20.0. The predicted molar refractivity (Wildman–Crippen MR) is 125 cm³/mol. The van der Waals surface area contributed by atoms with Crippen LogP contribution in [0.15, 0.2) is 28.5 Å². The van der Waals surface area contributed by atoms with Crippen LogP contribution in [-0.2, 0) is 17.8 Å². The Morgan fingerprint density at radius 3 is 2.93 bits per heavy atom. The number of carbonyl (C=O) groups excluding carboxylic acids is 1. The van der Waals surface area contributed by atoms with Crippen LogP contribution in [0.4, 0.5) is 5.82 Å². The first-order valence-corrected chi connectivity index (χ1v) is 11.5. The number of benzene rings is 1. The molecule has 3 N–H and O–H groups in total. The van der Waals surface area contributed by atoms with E-state index in [1.165, 1.54) is 23.7 Å². The van der Waals surface area contributed by atoms with Crippen LogP contribution in [0.5, 0.6) is 5.75 Å². The van der Waals surface area contributed by atoms with Crippen molar-refractivity contribution in [3.63, 3.8) is 0 Å². The average Bonchev–Trinajstić information content (AvgIpc) is 3.26. The van der Waals surface area contributed by atoms with Gasteiger partial charge in [0.2, 0.25) is 5.91 Å². The highest BCUT2D eigenvalue weighted by molar-refractivity contribution is 14.1. The maximum Gasteiger partial charge on any atom is 0.225 e. The summed E-state index contributed by atoms with van der Waals surface area (Å²) in [6, 6.07) is 4.23. The van der Waals surface area contributed by atoms with Crippen molar-refractivity contribution in [2.24, 2.45) is 5.41 Å². The minimum Gasteiger partial charge on any atom is -0.493 e. The standard InChI is InChI=1S/C20H23IN6O2S/c1-20(2,3)18(28)23-5-6-27-17-15(16(22)24-10-25-17)26-19(27)30-14-9-13-11(4-7-29-13)8-12(14)21/h8-10H,4-7H2,1-3H3,(H,23,28)(H2,22,24,25). The molecule has 0 fully saturated rings. The van der Waals surface area contributed by atoms with E-state index in [2.05, 4.69) is 50.0 Å². The quantitative estimate of drug-likeness (QED) is 0.481. The first-order chi connectivity index (χ1) is 14.2. The Kier molecular flexibility index (Phi) is 5.80. The molecule has 0 radical (unpaired) electrons. The topological polar surface area (TPSA) is 108 Å². The number of carbonyl (C=O) groups is 1. The van der Waals surface area contributed by atoms with Crippen LogP contribution in [0.1, 0.15) is 26.3 Å². The molecule has 4 rings (SSSR count). The van der Waals surface area contributed by atoms with Crippen molar-refractivity contribution in [3.05, 3.63) is 27.6 Å². The normalized spacial score (nSPS) is 13.3. The van der Waals surface area contributed by atoms with Gasteiger partial charge in [-0.05, 0) is 40.3 Å². The molecular weight excluding hydrogens is 515 g/mol. The van der Waals surface area contributed by atoms with E-state index in [4.69, 9.17) is 15.5 Å². The molecule has 10 heteroatoms. The molecule has 1 aromatic carbocycles. The fourth-order valence-electron chi connectivity index (χ4n) is 3.11. The summed E-state index contributed by atoms with van der Waals surface area (Å²) in [4.78, 5) is 26.5. The molecule has 0 saturated carbocycles. The number of amides is 1. The number of nitrogen functional groups attached to an aromatic ring is 1. The van der Waals surface area contributed by atoms with E-state index in [9.17, 15) is 4.79 Å². The van der Waals surface area contributed by atoms with Gasteiger partial charge < -0.3 is 20.4 Å². The lowest BCUT2D eigenvalue weighted by Gasteiger charge is -2.18. The van der Waals surface area contributed by atoms with Crippen LogP contribution in [0.3, 0.4) is 0 Å². The van der Waals surface area contributed by atoms with E-state index >= 15 is 0 Å². The van der Waals surface area contributed by atoms with Crippen molar-refractivity contribution < 1.29 is 9.53 Å². The number of aromatic nitrogens is 4. The second-order valence-corrected chi connectivity index (χ2v) is 10.2. The van der Waals surface area contributed by atoms with E-state index in [0.29, 0.717) is 30.1 Å². The summed E-state index contributed by atoms with van der Waals surface area (Å²) in [6.45, 7) is 7.38. The summed E-state index contributed by atoms with van der Waals surface area (Å²) in [6.07, 6.45) is 2.37. The Balaban J connectivity index is 1.65. The Labute approximate surface area is 192 Å². The molecule has 0 bridgehead atoms. The molecule has 0 aliphatic carbocycles. The number of nitrogens with one attached hydrogen (secondary N) is 1. The predicted octanol–water partition coefficient (Wildman–Crippen LogP) is 3.26. The maximum atomic E-state index is 12.2. The Bertz CT molecular complexity index is 1120. The van der Waals surface area contributed by atoms with E-state index < -0.39 is 5.41 Å². The van der Waals surface area contributed by atoms with E-state index in [1.807, 2.05) is 25.3 Å². The van der Waals surface area contributed by atoms with E-state index in [-0.39, 0.29) is 5.91 Å². The van der Waals surface area contributed by atoms with Crippen LogP contribution in [-0.4, -0.2) is 38.6 Å². The fraction of sp³-hybridized carbons (Fsp3) is 0.400. The van der Waals surface area contributed by atoms with Gasteiger partial charge in [-0.2, -0.15) is 0 Å². The second-order valence-electron chi connectivity index (χ2n) is 8.07. The van der Waals surface area contributed by atoms with E-state index in [1.54, 1.807) is 0 Å². The van der Waals surface area contributed by atoms with Crippen molar-refractivity contribution in [2.75, 3.05) is 18.9 Å². The minimum atomic E-state index is -0.443. The second kappa shape index (κ2) is 8.22. The lowest BCUT2D eigenvalue weighted by Crippen LogP contribution is -2.36. The van der Waals surface area contributed by atoms with Crippen LogP contribution >= 0.6 is 34.4 Å². The van der Waals surface area contributed by atoms with Crippen LogP contribution < -0.4 is 15.8 Å². The van der Waals surface area contributed by atoms with Crippen LogP contribution in [0.2, 0.25) is 0 Å². The van der Waals surface area contributed by atoms with Crippen molar-refractivity contribution >= 4 is 57.2 Å². The highest BCUT2D eigenvalue weighted by Gasteiger charge is 2.22. The number of anilines is 1. The van der Waals surface area contributed by atoms with Gasteiger partial charge in [0, 0.05) is 33.4 Å². The number of nitrogens with zero attached hydrogens (tertiary/aromatic N) is 4. The molecular formula is C20H23IN6O2S. The van der Waals surface area contributed by atoms with Gasteiger partial charge in [-0.25, -0.2) is 15.0 Å². The van der Waals surface area contributed by atoms with Crippen molar-refractivity contribution in [2.45, 2.75) is 43.8 Å². The first kappa shape index (κ1) is 21.2. The highest BCUT2D eigenvalue weighted by atomic mass is 127. The van der Waals surface area contributed by atoms with Crippen molar-refractivity contribution in [1.82, 2.24) is 24.8 Å². The van der Waals surface area contributed by atoms with Gasteiger partial charge in [0.25, 0.3) is 0 Å². The zero-order valence-electron chi connectivity index (χ0n) is 17.0. The van der Waals surface area contributed by atoms with Crippen LogP contribution in [0, 0.1) is 8.99 Å². The Hall–Kier alpha value is -2.08. The SMILES string of the molecule is CC(C)(C)C(=O)NCCn1c(Sc2cc3c(cc2I)CCO3)nc2c(N)ncnc21. The number of rotatable bonds is 5. The number of hydrogen-bond acceptors (Lipinski definition) is 7. The van der Waals surface area contributed by atoms with Gasteiger partial charge >= 0.3 is 0 Å². The third kappa shape index (κ3) is 4.20. The molecule has 3 aromatic rings. The lowest BCUT2D eigenvalue weighted by molar-refractivity contribution is -0.128. The molecule has 3 heterocycles. The Morgan fingerprint density at radius 2 is 2.17 bits per heavy atom. The fourth-order valence-corrected chi connectivity index (χ4v) is 4.92. The summed E-state index contributed by atoms with van der Waals surface area (Å²) in [7, 11) is 0. The number of fused-ring (bicyclic) bond motifs is 2. The molecule has 158 valence electrons. The summed E-state index contributed by atoms with van der Waals surface area (Å²) < 4.78 is 8.85. The van der Waals surface area contributed by atoms with Gasteiger partial charge in [-0.15, -0.1) is 0 Å². The lowest BCUT2D eigenvalue weighted by atomic mass is 9.96. The largest absolute Gasteiger partial charge is 0.493 e. The van der Waals surface area contributed by atoms with Gasteiger partial charge in [0.05, 0.1) is 6.61 Å². The summed E-state index contributed by atoms with van der Waals surface area (Å²) in [5.41, 5.74) is 8.05. The third-order valence-corrected chi connectivity index (χ3v) is 7.08. The molecule has 30 heavy (non-hydrogen) atoms. The summed E-state index contributed by atoms with van der Waals surface area (Å²) in [5.74, 6) is 1.27. The van der Waals surface area contributed by atoms with Gasteiger partial charge in [0.15, 0.2) is 22.1 Å². The first-order valence-electron chi connectivity index (χ1n) is 9.62. The van der Waals surface area contributed by atoms with Gasteiger partial charge in [-0.1, -0.05) is 32.5 Å². The van der Waals surface area contributed by atoms with Gasteiger partial charge in [0.1, 0.15) is 12.1 Å². The van der Waals surface area contributed by atoms with E-state index in [0.717, 1.165) is 32.4 Å². The third-order valence-electron chi connectivity index (χ3n) is 4.77. The molecule has 8 nitrogen and oxygen atoms in total. The molecule has 0 spiro atoms. The molecule has 1 amide bonds. The van der Waals surface area contributed by atoms with Crippen molar-refractivity contribution in [3.8, 4) is 5.75 Å². The average molecular weight is 538 g/mol. The molecule has 2 aromatic heterocycles. The van der Waals surface area contributed by atoms with Crippen LogP contribution in [0.25, 0.3) is 11.2 Å². The highest BCUT2D eigenvalue weighted by Crippen LogP contribution is 2.38. The smallest absolute Gasteiger partial charge is 0.225 e. The number of nitrogens with two attached hydrogens (primary N) is 1.